The van der Waals surface area contributed by atoms with E-state index in [2.05, 4.69) is 67.7 Å². The van der Waals surface area contributed by atoms with Gasteiger partial charge in [0.25, 0.3) is 5.91 Å². The lowest BCUT2D eigenvalue weighted by Crippen LogP contribution is -2.74. The van der Waals surface area contributed by atoms with Crippen LogP contribution >= 0.6 is 34.9 Å². The van der Waals surface area contributed by atoms with Crippen molar-refractivity contribution in [1.82, 2.24) is 40.5 Å². The molecule has 2 fully saturated rings. The van der Waals surface area contributed by atoms with Crippen LogP contribution in [0.2, 0.25) is 0 Å². The maximum Gasteiger partial charge on any atom is 0.313 e. The minimum atomic E-state index is -1.37. The van der Waals surface area contributed by atoms with Gasteiger partial charge in [-0.05, 0) is 33.2 Å². The fourth-order valence-electron chi connectivity index (χ4n) is 9.52. The molecule has 0 saturated carbocycles. The van der Waals surface area contributed by atoms with Gasteiger partial charge in [0, 0.05) is 40.1 Å². The molecule has 368 valence electrons. The van der Waals surface area contributed by atoms with E-state index in [-0.39, 0.29) is 40.8 Å². The van der Waals surface area contributed by atoms with E-state index in [1.807, 2.05) is 146 Å². The first kappa shape index (κ1) is 47.9. The van der Waals surface area contributed by atoms with E-state index < -0.39 is 45.8 Å². The van der Waals surface area contributed by atoms with Crippen LogP contribution in [0.15, 0.2) is 204 Å². The smallest absolute Gasteiger partial charge is 0.313 e. The first-order valence-electron chi connectivity index (χ1n) is 23.5. The standard InChI is InChI=1S/C55H45N11O5S3/c56-42-31-44(61-66-47(42)60-63-64-66)73-34-53(51(69)70)33-65-49(68)46(50(65)74-35-53)58-48(67)45(62-71-55(39-25-13-4-14-26-39,40-27-15-5-16-28-40)41-29-17-6-18-30-41)43-32-72-52(57-43)59-54(36-19-7-1-8-20-36,37-21-9-2-10-22-37)38-23-11-3-12-24-38/h1-32,46,50H,33-35,56H2,(H,57,59)(H,58,67)(H,69,70)/t46?,50-,53?/m1/s1. The number of carboxylic acids is 1. The molecule has 9 aromatic rings. The lowest BCUT2D eigenvalue weighted by Gasteiger charge is -2.53. The van der Waals surface area contributed by atoms with Crippen molar-refractivity contribution in [2.45, 2.75) is 27.6 Å². The number of hydrogen-bond acceptors (Lipinski definition) is 15. The highest BCUT2D eigenvalue weighted by Gasteiger charge is 2.58. The Bertz CT molecular complexity index is 3290. The third kappa shape index (κ3) is 8.77. The van der Waals surface area contributed by atoms with E-state index in [1.165, 1.54) is 44.4 Å². The van der Waals surface area contributed by atoms with E-state index in [0.717, 1.165) is 33.4 Å². The van der Waals surface area contributed by atoms with Gasteiger partial charge in [-0.1, -0.05) is 187 Å². The monoisotopic (exact) mass is 1040 g/mol. The predicted octanol–water partition coefficient (Wildman–Crippen LogP) is 7.94. The molecule has 19 heteroatoms. The number of tetrazole rings is 1. The van der Waals surface area contributed by atoms with Gasteiger partial charge < -0.3 is 31.2 Å². The molecule has 2 aliphatic rings. The van der Waals surface area contributed by atoms with Crippen LogP contribution in [-0.4, -0.2) is 93.2 Å². The number of oxime groups is 1. The number of nitrogens with zero attached hydrogens (tertiary/aromatic N) is 8. The molecule has 2 aliphatic heterocycles. The van der Waals surface area contributed by atoms with Gasteiger partial charge in [0.1, 0.15) is 33.1 Å². The van der Waals surface area contributed by atoms with Crippen LogP contribution in [0.3, 0.4) is 0 Å². The molecule has 0 bridgehead atoms. The van der Waals surface area contributed by atoms with Crippen molar-refractivity contribution < 1.29 is 24.3 Å². The molecule has 0 aliphatic carbocycles. The summed E-state index contributed by atoms with van der Waals surface area (Å²) in [7, 11) is 0. The number of β-lactam (4-membered cyclic amide) rings is 1. The minimum Gasteiger partial charge on any atom is -0.481 e. The number of aliphatic carboxylic acids is 1. The van der Waals surface area contributed by atoms with Gasteiger partial charge in [-0.2, -0.15) is 0 Å². The SMILES string of the molecule is Nc1cc(SCC2(C(=O)O)CS[C@@H]3C(NC(=O)C(=NOC(c4ccccc4)(c4ccccc4)c4ccccc4)c4csc(NC(c5ccccc5)(c5ccccc5)c5ccccc5)n4)C(=O)N3C2)nn2nnnc12. The average molecular weight is 1040 g/mol. The quantitative estimate of drug-likeness (QED) is 0.0224. The summed E-state index contributed by atoms with van der Waals surface area (Å²) < 4.78 is 1.19. The molecule has 2 saturated heterocycles. The number of thioether (sulfide) groups is 2. The molecule has 5 heterocycles. The summed E-state index contributed by atoms with van der Waals surface area (Å²) in [6.07, 6.45) is 0. The molecule has 3 aromatic heterocycles. The fraction of sp³-hybridized carbons (Fsp3) is 0.145. The first-order chi connectivity index (χ1) is 36.2. The normalized spacial score (nSPS) is 17.8. The van der Waals surface area contributed by atoms with Gasteiger partial charge in [-0.3, -0.25) is 14.4 Å². The minimum absolute atomic E-state index is 0.0728. The summed E-state index contributed by atoms with van der Waals surface area (Å²) in [6.45, 7) is -0.0915. The van der Waals surface area contributed by atoms with E-state index >= 15 is 4.79 Å². The Morgan fingerprint density at radius 1 is 0.784 bits per heavy atom. The summed E-state index contributed by atoms with van der Waals surface area (Å²) in [5.41, 5.74) is 8.19. The molecule has 6 aromatic carbocycles. The molecule has 3 atom stereocenters. The molecule has 2 unspecified atom stereocenters. The topological polar surface area (TPSA) is 215 Å². The molecule has 2 amide bonds. The van der Waals surface area contributed by atoms with Crippen molar-refractivity contribution in [3.8, 4) is 0 Å². The molecule has 74 heavy (non-hydrogen) atoms. The Hall–Kier alpha value is -8.39. The van der Waals surface area contributed by atoms with Gasteiger partial charge in [0.15, 0.2) is 10.8 Å². The Labute approximate surface area is 437 Å². The fourth-order valence-corrected chi connectivity index (χ4v) is 13.0. The lowest BCUT2D eigenvalue weighted by atomic mass is 9.77. The van der Waals surface area contributed by atoms with Crippen LogP contribution in [0.1, 0.15) is 39.1 Å². The van der Waals surface area contributed by atoms with Crippen LogP contribution < -0.4 is 16.4 Å². The number of aromatic nitrogens is 6. The number of nitrogens with two attached hydrogens (primary N) is 1. The zero-order valence-corrected chi connectivity index (χ0v) is 41.7. The first-order valence-corrected chi connectivity index (χ1v) is 26.4. The Morgan fingerprint density at radius 2 is 1.30 bits per heavy atom. The summed E-state index contributed by atoms with van der Waals surface area (Å²) in [6, 6.07) is 59.9. The van der Waals surface area contributed by atoms with Crippen molar-refractivity contribution in [2.75, 3.05) is 29.1 Å². The number of rotatable bonds is 17. The predicted molar refractivity (Wildman–Crippen MR) is 285 cm³/mol. The van der Waals surface area contributed by atoms with E-state index in [1.54, 1.807) is 11.4 Å². The summed E-state index contributed by atoms with van der Waals surface area (Å²) >= 11 is 3.76. The van der Waals surface area contributed by atoms with Crippen LogP contribution in [0, 0.1) is 5.41 Å². The number of nitrogen functional groups attached to an aromatic ring is 1. The number of thiazole rings is 1. The lowest BCUT2D eigenvalue weighted by molar-refractivity contribution is -0.157. The number of anilines is 2. The number of fused-ring (bicyclic) bond motifs is 2. The van der Waals surface area contributed by atoms with E-state index in [4.69, 9.17) is 20.7 Å². The largest absolute Gasteiger partial charge is 0.481 e. The number of benzene rings is 6. The highest BCUT2D eigenvalue weighted by Crippen LogP contribution is 2.46. The third-order valence-electron chi connectivity index (χ3n) is 13.3. The van der Waals surface area contributed by atoms with E-state index in [0.29, 0.717) is 10.2 Å². The van der Waals surface area contributed by atoms with Gasteiger partial charge >= 0.3 is 5.97 Å². The second-order valence-corrected chi connectivity index (χ2v) is 20.7. The number of amides is 2. The Balaban J connectivity index is 0.953. The van der Waals surface area contributed by atoms with Crippen molar-refractivity contribution in [2.24, 2.45) is 10.6 Å². The van der Waals surface area contributed by atoms with Gasteiger partial charge in [0.05, 0.1) is 5.69 Å². The second kappa shape index (κ2) is 20.3. The van der Waals surface area contributed by atoms with Crippen molar-refractivity contribution in [3.63, 3.8) is 0 Å². The van der Waals surface area contributed by atoms with Crippen molar-refractivity contribution >= 4 is 74.8 Å². The van der Waals surface area contributed by atoms with Crippen LogP contribution in [0.5, 0.6) is 0 Å². The molecule has 0 spiro atoms. The molecule has 5 N–H and O–H groups in total. The number of carbonyl (C=O) groups excluding carboxylic acids is 2. The van der Waals surface area contributed by atoms with Gasteiger partial charge in [-0.25, -0.2) is 4.98 Å². The number of hydrogen-bond donors (Lipinski definition) is 4. The zero-order valence-electron chi connectivity index (χ0n) is 39.2. The maximum absolute atomic E-state index is 15.2. The van der Waals surface area contributed by atoms with Crippen LogP contribution in [0.25, 0.3) is 5.65 Å². The molecular weight excluding hydrogens is 991 g/mol. The summed E-state index contributed by atoms with van der Waals surface area (Å²) in [5.74, 6) is -2.00. The van der Waals surface area contributed by atoms with Gasteiger partial charge in [0.2, 0.25) is 17.2 Å². The molecule has 16 nitrogen and oxygen atoms in total. The Morgan fingerprint density at radius 3 is 1.81 bits per heavy atom. The highest BCUT2D eigenvalue weighted by atomic mass is 32.2. The van der Waals surface area contributed by atoms with Crippen LogP contribution in [0.4, 0.5) is 10.8 Å². The Kier molecular flexibility index (Phi) is 13.1. The third-order valence-corrected chi connectivity index (χ3v) is 16.8. The number of nitrogens with one attached hydrogen (secondary N) is 2. The van der Waals surface area contributed by atoms with Crippen molar-refractivity contribution in [1.29, 1.82) is 0 Å². The highest BCUT2D eigenvalue weighted by molar-refractivity contribution is 8.00. The molecule has 11 rings (SSSR count). The summed E-state index contributed by atoms with van der Waals surface area (Å²) in [4.78, 5) is 56.0. The number of carbonyl (C=O) groups is 3. The second-order valence-electron chi connectivity index (χ2n) is 17.7. The van der Waals surface area contributed by atoms with Gasteiger partial charge in [-0.15, -0.1) is 49.7 Å². The number of carboxylic acid groups (broad SMARTS) is 1. The molecular formula is C55H45N11O5S3. The van der Waals surface area contributed by atoms with E-state index in [9.17, 15) is 14.7 Å². The summed E-state index contributed by atoms with van der Waals surface area (Å²) in [5, 5.41) is 40.0. The van der Waals surface area contributed by atoms with Crippen LogP contribution in [-0.2, 0) is 30.4 Å². The average Bonchev–Trinajstić information content (AvgIpc) is 4.15. The van der Waals surface area contributed by atoms with Crippen molar-refractivity contribution in [3.05, 3.63) is 233 Å². The molecule has 0 radical (unpaired) electrons. The zero-order chi connectivity index (χ0) is 50.7. The maximum atomic E-state index is 15.2.